The molecule has 0 bridgehead atoms. The molecule has 0 aliphatic carbocycles. The first-order valence-electron chi connectivity index (χ1n) is 5.66. The van der Waals surface area contributed by atoms with E-state index in [2.05, 4.69) is 9.55 Å². The molecular weight excluding hydrogens is 214 g/mol. The Hall–Kier alpha value is -1.81. The van der Waals surface area contributed by atoms with Crippen molar-refractivity contribution in [1.82, 2.24) is 9.55 Å². The molecule has 0 saturated carbocycles. The van der Waals surface area contributed by atoms with E-state index in [0.29, 0.717) is 13.2 Å². The van der Waals surface area contributed by atoms with Crippen LogP contribution in [0.5, 0.6) is 5.75 Å². The molecule has 0 amide bonds. The standard InChI is InChI=1S/C13H17N3O/c1-10-9-16(11(2)15-10)12-3-5-13(6-4-12)17-8-7-14/h3-6,9H,7-8,14H2,1-2H3. The second-order valence-electron chi connectivity index (χ2n) is 3.93. The summed E-state index contributed by atoms with van der Waals surface area (Å²) >= 11 is 0. The predicted octanol–water partition coefficient (Wildman–Crippen LogP) is 1.83. The minimum atomic E-state index is 0.529. The summed E-state index contributed by atoms with van der Waals surface area (Å²) in [6.45, 7) is 5.05. The Kier molecular flexibility index (Phi) is 3.44. The van der Waals surface area contributed by atoms with Crippen LogP contribution in [0.1, 0.15) is 11.5 Å². The van der Waals surface area contributed by atoms with Gasteiger partial charge in [-0.05, 0) is 38.1 Å². The normalized spacial score (nSPS) is 10.5. The average Bonchev–Trinajstić information content (AvgIpc) is 2.66. The van der Waals surface area contributed by atoms with Crippen LogP contribution in [-0.4, -0.2) is 22.7 Å². The Morgan fingerprint density at radius 3 is 2.47 bits per heavy atom. The summed E-state index contributed by atoms with van der Waals surface area (Å²) in [7, 11) is 0. The van der Waals surface area contributed by atoms with Gasteiger partial charge in [0, 0.05) is 18.4 Å². The van der Waals surface area contributed by atoms with Gasteiger partial charge < -0.3 is 15.0 Å². The van der Waals surface area contributed by atoms with Crippen LogP contribution >= 0.6 is 0 Å². The number of nitrogens with two attached hydrogens (primary N) is 1. The van der Waals surface area contributed by atoms with Gasteiger partial charge in [-0.25, -0.2) is 4.98 Å². The van der Waals surface area contributed by atoms with Crippen molar-refractivity contribution in [2.45, 2.75) is 13.8 Å². The number of ether oxygens (including phenoxy) is 1. The molecule has 4 nitrogen and oxygen atoms in total. The molecule has 1 heterocycles. The van der Waals surface area contributed by atoms with E-state index in [1.165, 1.54) is 0 Å². The number of hydrogen-bond acceptors (Lipinski definition) is 3. The molecule has 0 unspecified atom stereocenters. The van der Waals surface area contributed by atoms with Gasteiger partial charge in [0.1, 0.15) is 18.2 Å². The van der Waals surface area contributed by atoms with Crippen LogP contribution in [0, 0.1) is 13.8 Å². The number of rotatable bonds is 4. The second kappa shape index (κ2) is 5.01. The maximum atomic E-state index is 5.43. The molecule has 4 heteroatoms. The summed E-state index contributed by atoms with van der Waals surface area (Å²) in [5.74, 6) is 1.83. The molecule has 0 spiro atoms. The van der Waals surface area contributed by atoms with Gasteiger partial charge in [-0.1, -0.05) is 0 Å². The average molecular weight is 231 g/mol. The zero-order valence-electron chi connectivity index (χ0n) is 10.2. The summed E-state index contributed by atoms with van der Waals surface area (Å²) in [5, 5.41) is 0. The topological polar surface area (TPSA) is 53.1 Å². The lowest BCUT2D eigenvalue weighted by Crippen LogP contribution is -2.10. The summed E-state index contributed by atoms with van der Waals surface area (Å²) in [5.41, 5.74) is 7.49. The first kappa shape index (κ1) is 11.7. The van der Waals surface area contributed by atoms with Crippen molar-refractivity contribution in [2.75, 3.05) is 13.2 Å². The number of aryl methyl sites for hydroxylation is 2. The lowest BCUT2D eigenvalue weighted by atomic mass is 10.3. The van der Waals surface area contributed by atoms with Gasteiger partial charge >= 0.3 is 0 Å². The third kappa shape index (κ3) is 2.65. The molecule has 2 rings (SSSR count). The van der Waals surface area contributed by atoms with Crippen molar-refractivity contribution in [3.05, 3.63) is 42.0 Å². The largest absolute Gasteiger partial charge is 0.492 e. The number of benzene rings is 1. The van der Waals surface area contributed by atoms with Gasteiger partial charge in [0.15, 0.2) is 0 Å². The van der Waals surface area contributed by atoms with Crippen LogP contribution in [-0.2, 0) is 0 Å². The van der Waals surface area contributed by atoms with Crippen molar-refractivity contribution in [3.8, 4) is 11.4 Å². The van der Waals surface area contributed by atoms with Crippen LogP contribution in [0.4, 0.5) is 0 Å². The quantitative estimate of drug-likeness (QED) is 0.873. The van der Waals surface area contributed by atoms with E-state index >= 15 is 0 Å². The van der Waals surface area contributed by atoms with Gasteiger partial charge in [0.05, 0.1) is 5.69 Å². The molecule has 0 aliphatic rings. The number of nitrogens with zero attached hydrogens (tertiary/aromatic N) is 2. The third-order valence-corrected chi connectivity index (χ3v) is 2.50. The van der Waals surface area contributed by atoms with E-state index in [1.54, 1.807) is 0 Å². The predicted molar refractivity (Wildman–Crippen MR) is 67.6 cm³/mol. The van der Waals surface area contributed by atoms with Crippen LogP contribution in [0.3, 0.4) is 0 Å². The van der Waals surface area contributed by atoms with E-state index in [0.717, 1.165) is 23.0 Å². The van der Waals surface area contributed by atoms with E-state index in [4.69, 9.17) is 10.5 Å². The Labute approximate surface area is 101 Å². The van der Waals surface area contributed by atoms with Crippen molar-refractivity contribution < 1.29 is 4.74 Å². The highest BCUT2D eigenvalue weighted by Gasteiger charge is 2.03. The zero-order chi connectivity index (χ0) is 12.3. The highest BCUT2D eigenvalue weighted by Crippen LogP contribution is 2.17. The summed E-state index contributed by atoms with van der Waals surface area (Å²) in [6.07, 6.45) is 2.02. The third-order valence-electron chi connectivity index (χ3n) is 2.50. The number of hydrogen-bond donors (Lipinski definition) is 1. The summed E-state index contributed by atoms with van der Waals surface area (Å²) in [6, 6.07) is 7.92. The van der Waals surface area contributed by atoms with E-state index in [1.807, 2.05) is 44.3 Å². The van der Waals surface area contributed by atoms with Crippen LogP contribution in [0.15, 0.2) is 30.5 Å². The molecule has 0 radical (unpaired) electrons. The van der Waals surface area contributed by atoms with Crippen LogP contribution in [0.25, 0.3) is 5.69 Å². The van der Waals surface area contributed by atoms with E-state index in [9.17, 15) is 0 Å². The van der Waals surface area contributed by atoms with Gasteiger partial charge in [0.25, 0.3) is 0 Å². The van der Waals surface area contributed by atoms with Gasteiger partial charge in [-0.3, -0.25) is 0 Å². The molecule has 2 N–H and O–H groups in total. The van der Waals surface area contributed by atoms with Crippen molar-refractivity contribution in [1.29, 1.82) is 0 Å². The molecule has 0 saturated heterocycles. The van der Waals surface area contributed by atoms with Crippen LogP contribution < -0.4 is 10.5 Å². The lowest BCUT2D eigenvalue weighted by molar-refractivity contribution is 0.328. The maximum absolute atomic E-state index is 5.43. The molecule has 1 aromatic carbocycles. The Morgan fingerprint density at radius 1 is 1.24 bits per heavy atom. The molecule has 0 fully saturated rings. The fourth-order valence-corrected chi connectivity index (χ4v) is 1.76. The fourth-order valence-electron chi connectivity index (χ4n) is 1.76. The second-order valence-corrected chi connectivity index (χ2v) is 3.93. The summed E-state index contributed by atoms with van der Waals surface area (Å²) in [4.78, 5) is 4.37. The molecule has 0 aliphatic heterocycles. The maximum Gasteiger partial charge on any atom is 0.119 e. The Balaban J connectivity index is 2.20. The molecule has 2 aromatic rings. The Morgan fingerprint density at radius 2 is 1.94 bits per heavy atom. The fraction of sp³-hybridized carbons (Fsp3) is 0.308. The molecule has 17 heavy (non-hydrogen) atoms. The summed E-state index contributed by atoms with van der Waals surface area (Å²) < 4.78 is 7.49. The Bertz CT molecular complexity index is 488. The van der Waals surface area contributed by atoms with Crippen LogP contribution in [0.2, 0.25) is 0 Å². The van der Waals surface area contributed by atoms with E-state index in [-0.39, 0.29) is 0 Å². The van der Waals surface area contributed by atoms with Gasteiger partial charge in [-0.2, -0.15) is 0 Å². The monoisotopic (exact) mass is 231 g/mol. The first-order chi connectivity index (χ1) is 8.20. The number of aromatic nitrogens is 2. The first-order valence-corrected chi connectivity index (χ1v) is 5.66. The van der Waals surface area contributed by atoms with Gasteiger partial charge in [0.2, 0.25) is 0 Å². The van der Waals surface area contributed by atoms with E-state index < -0.39 is 0 Å². The van der Waals surface area contributed by atoms with Gasteiger partial charge in [-0.15, -0.1) is 0 Å². The lowest BCUT2D eigenvalue weighted by Gasteiger charge is -2.07. The minimum Gasteiger partial charge on any atom is -0.492 e. The molecule has 1 aromatic heterocycles. The highest BCUT2D eigenvalue weighted by atomic mass is 16.5. The molecule has 0 atom stereocenters. The number of imidazole rings is 1. The molecule has 90 valence electrons. The smallest absolute Gasteiger partial charge is 0.119 e. The zero-order valence-corrected chi connectivity index (χ0v) is 10.2. The van der Waals surface area contributed by atoms with Crippen molar-refractivity contribution >= 4 is 0 Å². The minimum absolute atomic E-state index is 0.529. The SMILES string of the molecule is Cc1cn(-c2ccc(OCCN)cc2)c(C)n1. The van der Waals surface area contributed by atoms with Crippen molar-refractivity contribution in [3.63, 3.8) is 0 Å². The highest BCUT2D eigenvalue weighted by molar-refractivity contribution is 5.38. The van der Waals surface area contributed by atoms with Crippen molar-refractivity contribution in [2.24, 2.45) is 5.73 Å². The molecular formula is C13H17N3O.